The molecule has 2 saturated carbocycles. The predicted octanol–water partition coefficient (Wildman–Crippen LogP) is 2.80. The fourth-order valence-electron chi connectivity index (χ4n) is 3.76. The lowest BCUT2D eigenvalue weighted by atomic mass is 10.1. The van der Waals surface area contributed by atoms with E-state index in [1.54, 1.807) is 0 Å². The minimum Gasteiger partial charge on any atom is -0.323 e. The maximum Gasteiger partial charge on any atom is 0.244 e. The van der Waals surface area contributed by atoms with Crippen molar-refractivity contribution in [3.63, 3.8) is 0 Å². The summed E-state index contributed by atoms with van der Waals surface area (Å²) in [6.45, 7) is 2.22. The maximum atomic E-state index is 12.6. The molecule has 1 heterocycles. The van der Waals surface area contributed by atoms with Gasteiger partial charge < -0.3 is 4.90 Å². The van der Waals surface area contributed by atoms with E-state index in [0.29, 0.717) is 18.1 Å². The van der Waals surface area contributed by atoms with Crippen LogP contribution in [0.3, 0.4) is 0 Å². The maximum absolute atomic E-state index is 12.6. The molecule has 0 aromatic carbocycles. The van der Waals surface area contributed by atoms with Gasteiger partial charge in [0.05, 0.1) is 11.7 Å². The summed E-state index contributed by atoms with van der Waals surface area (Å²) >= 11 is 0. The first-order valence-corrected chi connectivity index (χ1v) is 7.87. The molecule has 1 N–H and O–H groups in total. The number of hydrogen-bond donors (Lipinski definition) is 1. The lowest BCUT2D eigenvalue weighted by molar-refractivity contribution is -0.133. The Labute approximate surface area is 110 Å². The van der Waals surface area contributed by atoms with Crippen LogP contribution in [0.2, 0.25) is 0 Å². The van der Waals surface area contributed by atoms with Crippen molar-refractivity contribution in [2.45, 2.75) is 88.9 Å². The molecule has 1 spiro atoms. The fraction of sp³-hybridized carbons (Fsp3) is 0.933. The van der Waals surface area contributed by atoms with Crippen LogP contribution in [0.1, 0.15) is 71.1 Å². The zero-order valence-corrected chi connectivity index (χ0v) is 11.6. The first-order valence-electron chi connectivity index (χ1n) is 7.87. The van der Waals surface area contributed by atoms with Gasteiger partial charge in [0.25, 0.3) is 0 Å². The molecule has 3 aliphatic rings. The fourth-order valence-corrected chi connectivity index (χ4v) is 3.76. The van der Waals surface area contributed by atoms with Crippen molar-refractivity contribution >= 4 is 5.91 Å². The smallest absolute Gasteiger partial charge is 0.244 e. The zero-order chi connectivity index (χ0) is 12.6. The number of amides is 1. The second-order valence-electron chi connectivity index (χ2n) is 6.39. The second-order valence-corrected chi connectivity index (χ2v) is 6.39. The minimum atomic E-state index is -0.119. The van der Waals surface area contributed by atoms with Crippen LogP contribution in [-0.2, 0) is 4.79 Å². The third-order valence-corrected chi connectivity index (χ3v) is 4.95. The molecule has 18 heavy (non-hydrogen) atoms. The van der Waals surface area contributed by atoms with Crippen LogP contribution < -0.4 is 5.32 Å². The number of carbonyl (C=O) groups excluding carboxylic acids is 1. The van der Waals surface area contributed by atoms with E-state index in [1.165, 1.54) is 38.5 Å². The Morgan fingerprint density at radius 1 is 1.22 bits per heavy atom. The highest BCUT2D eigenvalue weighted by atomic mass is 16.2. The molecule has 1 saturated heterocycles. The normalized spacial score (nSPS) is 31.9. The molecule has 3 heteroatoms. The number of hydrogen-bond acceptors (Lipinski definition) is 2. The third-order valence-electron chi connectivity index (χ3n) is 4.95. The first-order chi connectivity index (χ1) is 8.77. The van der Waals surface area contributed by atoms with E-state index in [4.69, 9.17) is 0 Å². The van der Waals surface area contributed by atoms with Crippen LogP contribution in [0.25, 0.3) is 0 Å². The van der Waals surface area contributed by atoms with Crippen molar-refractivity contribution in [2.24, 2.45) is 0 Å². The molecule has 1 atom stereocenters. The summed E-state index contributed by atoms with van der Waals surface area (Å²) in [4.78, 5) is 14.9. The van der Waals surface area contributed by atoms with E-state index in [1.807, 2.05) is 0 Å². The van der Waals surface area contributed by atoms with Gasteiger partial charge in [-0.25, -0.2) is 0 Å². The zero-order valence-electron chi connectivity index (χ0n) is 11.6. The van der Waals surface area contributed by atoms with Crippen LogP contribution in [0.5, 0.6) is 0 Å². The molecule has 3 nitrogen and oxygen atoms in total. The molecule has 0 aromatic heterocycles. The molecule has 3 fully saturated rings. The quantitative estimate of drug-likeness (QED) is 0.781. The van der Waals surface area contributed by atoms with Crippen LogP contribution >= 0.6 is 0 Å². The molecule has 102 valence electrons. The number of nitrogens with zero attached hydrogens (tertiary/aromatic N) is 1. The molecule has 1 unspecified atom stereocenters. The topological polar surface area (TPSA) is 32.3 Å². The second kappa shape index (κ2) is 4.84. The van der Waals surface area contributed by atoms with Crippen LogP contribution in [0.4, 0.5) is 0 Å². The van der Waals surface area contributed by atoms with Gasteiger partial charge in [0.2, 0.25) is 5.91 Å². The molecular formula is C15H26N2O. The molecule has 2 aliphatic carbocycles. The van der Waals surface area contributed by atoms with E-state index in [9.17, 15) is 4.79 Å². The number of rotatable bonds is 3. The Bertz CT molecular complexity index is 316. The summed E-state index contributed by atoms with van der Waals surface area (Å²) in [6, 6.07) is 0.518. The standard InChI is InChI=1S/C15H26N2O/c1-2-7-13-16-15(10-11-15)14(18)17(13)12-8-5-3-4-6-9-12/h12-13,16H,2-11H2,1H3. The first kappa shape index (κ1) is 12.5. The molecule has 0 aromatic rings. The Morgan fingerprint density at radius 2 is 1.89 bits per heavy atom. The van der Waals surface area contributed by atoms with Gasteiger partial charge >= 0.3 is 0 Å². The van der Waals surface area contributed by atoms with Gasteiger partial charge in [0.15, 0.2) is 0 Å². The van der Waals surface area contributed by atoms with Crippen molar-refractivity contribution in [1.82, 2.24) is 10.2 Å². The highest BCUT2D eigenvalue weighted by molar-refractivity contribution is 5.92. The molecular weight excluding hydrogens is 224 g/mol. The van der Waals surface area contributed by atoms with E-state index in [2.05, 4.69) is 17.1 Å². The van der Waals surface area contributed by atoms with Crippen LogP contribution in [0.15, 0.2) is 0 Å². The summed E-state index contributed by atoms with van der Waals surface area (Å²) < 4.78 is 0. The van der Waals surface area contributed by atoms with Crippen LogP contribution in [0, 0.1) is 0 Å². The molecule has 1 amide bonds. The van der Waals surface area contributed by atoms with Crippen molar-refractivity contribution < 1.29 is 4.79 Å². The summed E-state index contributed by atoms with van der Waals surface area (Å²) in [7, 11) is 0. The molecule has 0 bridgehead atoms. The monoisotopic (exact) mass is 250 g/mol. The van der Waals surface area contributed by atoms with Crippen LogP contribution in [-0.4, -0.2) is 28.6 Å². The highest BCUT2D eigenvalue weighted by Crippen LogP contribution is 2.44. The number of carbonyl (C=O) groups is 1. The van der Waals surface area contributed by atoms with Gasteiger partial charge in [-0.15, -0.1) is 0 Å². The Balaban J connectivity index is 1.75. The Hall–Kier alpha value is -0.570. The van der Waals surface area contributed by atoms with Crippen molar-refractivity contribution in [1.29, 1.82) is 0 Å². The number of nitrogens with one attached hydrogen (secondary N) is 1. The summed E-state index contributed by atoms with van der Waals surface area (Å²) in [5.41, 5.74) is -0.119. The van der Waals surface area contributed by atoms with Gasteiger partial charge in [0.1, 0.15) is 0 Å². The highest BCUT2D eigenvalue weighted by Gasteiger charge is 2.59. The minimum absolute atomic E-state index is 0.119. The van der Waals surface area contributed by atoms with Gasteiger partial charge in [-0.2, -0.15) is 0 Å². The van der Waals surface area contributed by atoms with E-state index in [-0.39, 0.29) is 5.54 Å². The SMILES string of the molecule is CCCC1NC2(CC2)C(=O)N1C1CCCCCC1. The van der Waals surface area contributed by atoms with Gasteiger partial charge in [-0.05, 0) is 32.1 Å². The third kappa shape index (κ3) is 2.07. The van der Waals surface area contributed by atoms with Gasteiger partial charge in [-0.1, -0.05) is 39.0 Å². The van der Waals surface area contributed by atoms with Gasteiger partial charge in [-0.3, -0.25) is 10.1 Å². The van der Waals surface area contributed by atoms with Crippen molar-refractivity contribution in [2.75, 3.05) is 0 Å². The predicted molar refractivity (Wildman–Crippen MR) is 72.1 cm³/mol. The van der Waals surface area contributed by atoms with Gasteiger partial charge in [0, 0.05) is 6.04 Å². The Morgan fingerprint density at radius 3 is 2.44 bits per heavy atom. The average molecular weight is 250 g/mol. The van der Waals surface area contributed by atoms with Crippen molar-refractivity contribution in [3.05, 3.63) is 0 Å². The molecule has 0 radical (unpaired) electrons. The summed E-state index contributed by atoms with van der Waals surface area (Å²) in [5, 5.41) is 3.64. The Kier molecular flexibility index (Phi) is 3.35. The van der Waals surface area contributed by atoms with E-state index >= 15 is 0 Å². The lowest BCUT2D eigenvalue weighted by Gasteiger charge is -2.32. The largest absolute Gasteiger partial charge is 0.323 e. The lowest BCUT2D eigenvalue weighted by Crippen LogP contribution is -2.44. The van der Waals surface area contributed by atoms with E-state index in [0.717, 1.165) is 25.7 Å². The molecule has 1 aliphatic heterocycles. The summed E-state index contributed by atoms with van der Waals surface area (Å²) in [6.07, 6.45) is 12.5. The van der Waals surface area contributed by atoms with E-state index < -0.39 is 0 Å². The average Bonchev–Trinajstić information content (AvgIpc) is 3.11. The summed E-state index contributed by atoms with van der Waals surface area (Å²) in [5.74, 6) is 0.424. The molecule has 3 rings (SSSR count). The van der Waals surface area contributed by atoms with Crippen molar-refractivity contribution in [3.8, 4) is 0 Å².